The molecule has 0 saturated carbocycles. The van der Waals surface area contributed by atoms with Gasteiger partial charge in [-0.1, -0.05) is 119 Å². The summed E-state index contributed by atoms with van der Waals surface area (Å²) in [7, 11) is 1.57. The summed E-state index contributed by atoms with van der Waals surface area (Å²) in [6.45, 7) is 30.1. The van der Waals surface area contributed by atoms with E-state index in [1.807, 2.05) is 110 Å². The van der Waals surface area contributed by atoms with Gasteiger partial charge in [-0.3, -0.25) is 0 Å². The maximum Gasteiger partial charge on any atom is 0.338 e. The lowest BCUT2D eigenvalue weighted by atomic mass is 10.0. The van der Waals surface area contributed by atoms with Gasteiger partial charge in [0.1, 0.15) is 104 Å². The molecular formula is C77H120O25. The Hall–Kier alpha value is -8.11. The number of benzene rings is 4. The minimum absolute atomic E-state index is 0.172. The van der Waals surface area contributed by atoms with E-state index >= 15 is 0 Å². The quantitative estimate of drug-likeness (QED) is 0.0225. The van der Waals surface area contributed by atoms with Crippen molar-refractivity contribution < 1.29 is 119 Å². The average molecular weight is 1450 g/mol. The number of methoxy groups -OCH3 is 1. The number of unbranched alkanes of at least 4 members (excludes halogenated alkanes) is 13. The second-order valence-corrected chi connectivity index (χ2v) is 20.4. The highest BCUT2D eigenvalue weighted by Gasteiger charge is 2.09. The lowest BCUT2D eigenvalue weighted by molar-refractivity contribution is -0.108. The second kappa shape index (κ2) is 92.9. The van der Waals surface area contributed by atoms with Crippen molar-refractivity contribution in [2.45, 2.75) is 124 Å². The molecule has 4 aromatic rings. The number of hydrogen-bond acceptors (Lipinski definition) is 25. The largest absolute Gasteiger partial charge is 0.497 e. The van der Waals surface area contributed by atoms with Gasteiger partial charge in [0.25, 0.3) is 0 Å². The monoisotopic (exact) mass is 1440 g/mol. The third-order valence-electron chi connectivity index (χ3n) is 13.0. The zero-order chi connectivity index (χ0) is 77.3. The normalized spacial score (nSPS) is 9.57. The third kappa shape index (κ3) is 74.6. The summed E-state index contributed by atoms with van der Waals surface area (Å²) in [6, 6.07) is 30.2. The number of aryl methyl sites for hydroxylation is 3. The molecule has 0 atom stereocenters. The molecule has 0 unspecified atom stereocenters. The van der Waals surface area contributed by atoms with Gasteiger partial charge in [-0.05, 0) is 106 Å². The molecule has 578 valence electrons. The lowest BCUT2D eigenvalue weighted by Gasteiger charge is -2.09. The Kier molecular flexibility index (Phi) is 95.5. The zero-order valence-electron chi connectivity index (χ0n) is 61.4. The van der Waals surface area contributed by atoms with Crippen LogP contribution >= 0.6 is 0 Å². The van der Waals surface area contributed by atoms with Gasteiger partial charge in [0.15, 0.2) is 0 Å². The van der Waals surface area contributed by atoms with E-state index in [9.17, 15) is 19.2 Å². The molecule has 0 fully saturated rings. The van der Waals surface area contributed by atoms with Crippen molar-refractivity contribution in [2.24, 2.45) is 0 Å². The lowest BCUT2D eigenvalue weighted by Crippen LogP contribution is -2.15. The Morgan fingerprint density at radius 2 is 0.549 bits per heavy atom. The van der Waals surface area contributed by atoms with Crippen LogP contribution in [-0.2, 0) is 102 Å². The first-order valence-electron chi connectivity index (χ1n) is 33.8. The van der Waals surface area contributed by atoms with Crippen LogP contribution in [0.25, 0.3) is 0 Å². The van der Waals surface area contributed by atoms with Gasteiger partial charge in [0, 0.05) is 12.8 Å². The topological polar surface area (TPSA) is 317 Å². The second-order valence-electron chi connectivity index (χ2n) is 20.4. The molecule has 25 nitrogen and oxygen atoms in total. The van der Waals surface area contributed by atoms with E-state index < -0.39 is 5.97 Å². The molecule has 0 aliphatic carbocycles. The molecule has 0 aliphatic rings. The molecule has 0 aromatic heterocycles. The summed E-state index contributed by atoms with van der Waals surface area (Å²) in [5, 5.41) is 0. The first-order chi connectivity index (χ1) is 50.3. The highest BCUT2D eigenvalue weighted by Crippen LogP contribution is 2.17. The molecule has 0 heterocycles. The minimum Gasteiger partial charge on any atom is -0.497 e. The molecule has 0 N–H and O–H groups in total. The minimum atomic E-state index is -0.399. The first kappa shape index (κ1) is 105. The molecule has 0 aliphatic heterocycles. The number of carbonyl (C=O) groups is 11. The SMILES string of the molecule is C=O.C=O.C=O.C=O.C=O.C=O.C=O.CCCCCCCCc1ccc(OCCOCCOCCOCCOCCOCCOCCOCCOCCOCCOC(=O)c2ccc(OC)cc2)cc1.Cc1ccc(OCCOC(=O)c2ccc(C)cc2)cc1.O=CCCCCCCCCCC=O. The highest BCUT2D eigenvalue weighted by atomic mass is 16.6. The van der Waals surface area contributed by atoms with Gasteiger partial charge in [-0.25, -0.2) is 9.59 Å². The molecule has 25 heteroatoms. The van der Waals surface area contributed by atoms with Crippen LogP contribution in [0.4, 0.5) is 0 Å². The standard InChI is InChI=1S/C42H68O13.C17H18O3.C11H20O2.7CH2O/c1-3-4-5-6-7-8-9-38-10-14-41(15-11-38)54-36-34-52-32-30-50-28-26-48-24-22-46-20-18-45-19-21-47-23-25-49-27-29-51-31-33-53-35-37-55-42(43)39-12-16-40(44-2)17-13-39;1-13-3-7-15(8-4-13)17(18)20-12-11-19-16-9-5-14(2)6-10-16;12-10-8-6-4-2-1-3-5-7-9-11-13;7*1-2/h10-17H,3-9,18-37H2,1-2H3;3-10H,11-12H2,1-2H3;10-11H,1-9H2;7*1H2. The van der Waals surface area contributed by atoms with E-state index in [1.54, 1.807) is 43.5 Å². The third-order valence-corrected chi connectivity index (χ3v) is 13.0. The zero-order valence-corrected chi connectivity index (χ0v) is 61.4. The summed E-state index contributed by atoms with van der Waals surface area (Å²) in [5.41, 5.74) is 4.70. The van der Waals surface area contributed by atoms with Gasteiger partial charge >= 0.3 is 11.9 Å². The number of ether oxygens (including phenoxy) is 14. The van der Waals surface area contributed by atoms with Crippen molar-refractivity contribution in [3.63, 3.8) is 0 Å². The number of hydrogen-bond donors (Lipinski definition) is 0. The maximum absolute atomic E-state index is 12.0. The molecule has 0 bridgehead atoms. The van der Waals surface area contributed by atoms with Gasteiger partial charge < -0.3 is 109 Å². The van der Waals surface area contributed by atoms with Gasteiger partial charge in [-0.2, -0.15) is 0 Å². The molecule has 0 saturated heterocycles. The molecule has 0 radical (unpaired) electrons. The number of rotatable bonds is 55. The molecule has 0 amide bonds. The van der Waals surface area contributed by atoms with Gasteiger partial charge in [-0.15, -0.1) is 0 Å². The van der Waals surface area contributed by atoms with Gasteiger partial charge in [0.05, 0.1) is 137 Å². The van der Waals surface area contributed by atoms with Crippen molar-refractivity contribution in [1.29, 1.82) is 0 Å². The van der Waals surface area contributed by atoms with E-state index in [0.717, 1.165) is 48.9 Å². The first-order valence-corrected chi connectivity index (χ1v) is 33.8. The Balaban J connectivity index is -0.000000397. The Morgan fingerprint density at radius 3 is 0.873 bits per heavy atom. The predicted octanol–water partition coefficient (Wildman–Crippen LogP) is 11.1. The van der Waals surface area contributed by atoms with E-state index in [0.29, 0.717) is 162 Å². The van der Waals surface area contributed by atoms with Gasteiger partial charge in [0.2, 0.25) is 0 Å². The average Bonchev–Trinajstić information content (AvgIpc) is 1.09. The summed E-state index contributed by atoms with van der Waals surface area (Å²) < 4.78 is 76.2. The van der Waals surface area contributed by atoms with Crippen molar-refractivity contribution in [3.05, 3.63) is 125 Å². The van der Waals surface area contributed by atoms with Crippen LogP contribution in [0.5, 0.6) is 17.2 Å². The van der Waals surface area contributed by atoms with E-state index in [1.165, 1.54) is 81.8 Å². The molecular weight excluding hydrogens is 1320 g/mol. The van der Waals surface area contributed by atoms with E-state index in [4.69, 9.17) is 99.9 Å². The van der Waals surface area contributed by atoms with Crippen LogP contribution in [0, 0.1) is 13.8 Å². The van der Waals surface area contributed by atoms with Crippen LogP contribution in [0.3, 0.4) is 0 Å². The Bertz CT molecular complexity index is 2320. The number of aldehydes is 2. The number of carbonyl (C=O) groups excluding carboxylic acids is 11. The Labute approximate surface area is 606 Å². The van der Waals surface area contributed by atoms with Crippen molar-refractivity contribution in [3.8, 4) is 17.2 Å². The summed E-state index contributed by atoms with van der Waals surface area (Å²) in [4.78, 5) is 99.7. The fraction of sp³-hybridized carbons (Fsp3) is 0.545. The summed E-state index contributed by atoms with van der Waals surface area (Å²) in [6.07, 6.45) is 20.6. The van der Waals surface area contributed by atoms with Crippen LogP contribution in [0.1, 0.15) is 141 Å². The van der Waals surface area contributed by atoms with Crippen molar-refractivity contribution in [1.82, 2.24) is 0 Å². The molecule has 102 heavy (non-hydrogen) atoms. The fourth-order valence-corrected chi connectivity index (χ4v) is 7.99. The Morgan fingerprint density at radius 1 is 0.304 bits per heavy atom. The summed E-state index contributed by atoms with van der Waals surface area (Å²) in [5.74, 6) is 1.62. The molecule has 4 aromatic carbocycles. The smallest absolute Gasteiger partial charge is 0.338 e. The highest BCUT2D eigenvalue weighted by molar-refractivity contribution is 5.90. The molecule has 4 rings (SSSR count). The van der Waals surface area contributed by atoms with E-state index in [2.05, 4.69) is 19.1 Å². The predicted molar refractivity (Wildman–Crippen MR) is 391 cm³/mol. The van der Waals surface area contributed by atoms with Crippen LogP contribution in [-0.4, -0.2) is 224 Å². The molecule has 0 spiro atoms. The fourth-order valence-electron chi connectivity index (χ4n) is 7.99. The van der Waals surface area contributed by atoms with Crippen LogP contribution in [0.2, 0.25) is 0 Å². The van der Waals surface area contributed by atoms with E-state index in [-0.39, 0.29) is 19.2 Å². The van der Waals surface area contributed by atoms with Crippen LogP contribution in [0.15, 0.2) is 97.1 Å². The summed E-state index contributed by atoms with van der Waals surface area (Å²) >= 11 is 0. The van der Waals surface area contributed by atoms with Crippen LogP contribution < -0.4 is 14.2 Å². The van der Waals surface area contributed by atoms with Crippen molar-refractivity contribution >= 4 is 72.0 Å². The van der Waals surface area contributed by atoms with Crippen molar-refractivity contribution in [2.75, 3.05) is 152 Å². The number of esters is 2. The maximum atomic E-state index is 12.0.